The van der Waals surface area contributed by atoms with Crippen molar-refractivity contribution in [3.63, 3.8) is 0 Å². The number of aromatic hydroxyl groups is 2. The lowest BCUT2D eigenvalue weighted by Crippen LogP contribution is -2.44. The molecule has 0 saturated heterocycles. The van der Waals surface area contributed by atoms with Gasteiger partial charge in [0.25, 0.3) is 0 Å². The van der Waals surface area contributed by atoms with Gasteiger partial charge in [-0.3, -0.25) is 9.89 Å². The third-order valence-corrected chi connectivity index (χ3v) is 10.2. The molecule has 2 atom stereocenters. The van der Waals surface area contributed by atoms with Gasteiger partial charge in [0.15, 0.2) is 0 Å². The number of likely N-dealkylation sites (N-methyl/N-ethyl adjacent to an activating group) is 1. The maximum absolute atomic E-state index is 11.5. The van der Waals surface area contributed by atoms with Crippen molar-refractivity contribution in [3.05, 3.63) is 57.6 Å². The average Bonchev–Trinajstić information content (AvgIpc) is 2.89. The highest BCUT2D eigenvalue weighted by atomic mass is 16.3. The van der Waals surface area contributed by atoms with Crippen LogP contribution in [0, 0.1) is 25.7 Å². The molecule has 0 amide bonds. The summed E-state index contributed by atoms with van der Waals surface area (Å²) >= 11 is 0. The van der Waals surface area contributed by atoms with Gasteiger partial charge < -0.3 is 10.2 Å². The fraction of sp³-hybridized carbons (Fsp3) is 0.639. The lowest BCUT2D eigenvalue weighted by Gasteiger charge is -2.38. The van der Waals surface area contributed by atoms with E-state index in [9.17, 15) is 10.2 Å². The highest BCUT2D eigenvalue weighted by Gasteiger charge is 2.33. The first-order valence-corrected chi connectivity index (χ1v) is 15.5. The fourth-order valence-electron chi connectivity index (χ4n) is 6.03. The van der Waals surface area contributed by atoms with Crippen molar-refractivity contribution in [1.29, 1.82) is 0 Å². The lowest BCUT2D eigenvalue weighted by molar-refractivity contribution is 0.136. The summed E-state index contributed by atoms with van der Waals surface area (Å²) < 4.78 is 0. The molecule has 1 fully saturated rings. The maximum atomic E-state index is 11.5. The molecule has 2 N–H and O–H groups in total. The topological polar surface area (TPSA) is 56.1 Å². The SMILES string of the molecule is CCN(Cc1cc(C)cc(C(C)(C)C(C)C)c1O)[C@@H]1CCCC[C@H]1N=Cc1cc(C)cc(C(C)(C)C(C)C)c1O. The molecule has 1 saturated carbocycles. The smallest absolute Gasteiger partial charge is 0.128 e. The molecule has 1 aliphatic rings. The van der Waals surface area contributed by atoms with Gasteiger partial charge in [-0.1, -0.05) is 98.9 Å². The minimum atomic E-state index is -0.135. The second-order valence-corrected chi connectivity index (χ2v) is 14.1. The number of benzene rings is 2. The molecule has 222 valence electrons. The maximum Gasteiger partial charge on any atom is 0.128 e. The number of hydrogen-bond donors (Lipinski definition) is 2. The largest absolute Gasteiger partial charge is 0.507 e. The third kappa shape index (κ3) is 6.75. The highest BCUT2D eigenvalue weighted by Crippen LogP contribution is 2.41. The average molecular weight is 549 g/mol. The predicted octanol–water partition coefficient (Wildman–Crippen LogP) is 8.83. The van der Waals surface area contributed by atoms with Gasteiger partial charge in [0.05, 0.1) is 6.04 Å². The number of aliphatic imine (C=N–C) groups is 1. The summed E-state index contributed by atoms with van der Waals surface area (Å²) in [4.78, 5) is 7.65. The van der Waals surface area contributed by atoms with Crippen molar-refractivity contribution >= 4 is 6.21 Å². The molecule has 0 radical (unpaired) electrons. The van der Waals surface area contributed by atoms with E-state index >= 15 is 0 Å². The Labute approximate surface area is 244 Å². The molecule has 0 spiro atoms. The Morgan fingerprint density at radius 3 is 1.93 bits per heavy atom. The molecule has 3 rings (SSSR count). The Morgan fingerprint density at radius 1 is 0.850 bits per heavy atom. The Bertz CT molecular complexity index is 1190. The molecular formula is C36H56N2O2. The molecule has 0 bridgehead atoms. The van der Waals surface area contributed by atoms with E-state index in [0.29, 0.717) is 35.9 Å². The molecule has 4 heteroatoms. The number of nitrogens with zero attached hydrogens (tertiary/aromatic N) is 2. The molecular weight excluding hydrogens is 492 g/mol. The number of aryl methyl sites for hydroxylation is 2. The Morgan fingerprint density at radius 2 is 1.38 bits per heavy atom. The van der Waals surface area contributed by atoms with Crippen molar-refractivity contribution < 1.29 is 10.2 Å². The second-order valence-electron chi connectivity index (χ2n) is 14.1. The highest BCUT2D eigenvalue weighted by molar-refractivity contribution is 5.85. The predicted molar refractivity (Wildman–Crippen MR) is 171 cm³/mol. The minimum absolute atomic E-state index is 0.113. The zero-order chi connectivity index (χ0) is 30.0. The summed E-state index contributed by atoms with van der Waals surface area (Å²) in [5, 5.41) is 22.8. The van der Waals surface area contributed by atoms with Crippen LogP contribution in [0.1, 0.15) is 121 Å². The molecule has 2 aromatic rings. The summed E-state index contributed by atoms with van der Waals surface area (Å²) in [5.41, 5.74) is 5.96. The van der Waals surface area contributed by atoms with Crippen molar-refractivity contribution in [1.82, 2.24) is 4.90 Å². The van der Waals surface area contributed by atoms with Crippen LogP contribution in [0.25, 0.3) is 0 Å². The van der Waals surface area contributed by atoms with Crippen LogP contribution in [0.4, 0.5) is 0 Å². The monoisotopic (exact) mass is 548 g/mol. The van der Waals surface area contributed by atoms with Crippen LogP contribution in [-0.2, 0) is 17.4 Å². The first-order valence-electron chi connectivity index (χ1n) is 15.5. The molecule has 4 nitrogen and oxygen atoms in total. The van der Waals surface area contributed by atoms with Crippen LogP contribution in [0.5, 0.6) is 11.5 Å². The fourth-order valence-corrected chi connectivity index (χ4v) is 6.03. The molecule has 1 aliphatic carbocycles. The second kappa shape index (κ2) is 12.7. The van der Waals surface area contributed by atoms with Gasteiger partial charge in [0.2, 0.25) is 0 Å². The summed E-state index contributed by atoms with van der Waals surface area (Å²) in [6.07, 6.45) is 6.43. The van der Waals surface area contributed by atoms with Crippen molar-refractivity contribution in [2.75, 3.05) is 6.54 Å². The standard InChI is InChI=1S/C36H56N2O2/c1-12-38(22-28-18-26(7)20-30(34(28)40)36(10,11)24(4)5)32-16-14-13-15-31(32)37-21-27-17-25(6)19-29(33(27)39)35(8,9)23(2)3/h17-21,23-24,31-32,39-40H,12-16,22H2,1-11H3/t31-,32-/m1/s1. The first kappa shape index (κ1) is 32.2. The van der Waals surface area contributed by atoms with Crippen molar-refractivity contribution in [2.24, 2.45) is 16.8 Å². The molecule has 40 heavy (non-hydrogen) atoms. The summed E-state index contributed by atoms with van der Waals surface area (Å²) in [6.45, 7) is 25.8. The molecule has 0 unspecified atom stereocenters. The van der Waals surface area contributed by atoms with E-state index in [2.05, 4.69) is 105 Å². The van der Waals surface area contributed by atoms with Crippen LogP contribution in [-0.4, -0.2) is 40.0 Å². The van der Waals surface area contributed by atoms with Crippen LogP contribution in [0.2, 0.25) is 0 Å². The Hall–Kier alpha value is -2.33. The summed E-state index contributed by atoms with van der Waals surface area (Å²) in [7, 11) is 0. The van der Waals surface area contributed by atoms with Gasteiger partial charge in [-0.05, 0) is 67.5 Å². The van der Waals surface area contributed by atoms with E-state index in [0.717, 1.165) is 47.2 Å². The Kier molecular flexibility index (Phi) is 10.2. The first-order chi connectivity index (χ1) is 18.6. The van der Waals surface area contributed by atoms with E-state index < -0.39 is 0 Å². The number of hydrogen-bond acceptors (Lipinski definition) is 4. The van der Waals surface area contributed by atoms with E-state index in [-0.39, 0.29) is 16.9 Å². The van der Waals surface area contributed by atoms with Crippen LogP contribution >= 0.6 is 0 Å². The molecule has 0 heterocycles. The number of phenols is 2. The van der Waals surface area contributed by atoms with Crippen LogP contribution in [0.3, 0.4) is 0 Å². The summed E-state index contributed by atoms with van der Waals surface area (Å²) in [6, 6.07) is 8.95. The van der Waals surface area contributed by atoms with E-state index in [1.54, 1.807) is 0 Å². The van der Waals surface area contributed by atoms with Gasteiger partial charge in [-0.2, -0.15) is 0 Å². The van der Waals surface area contributed by atoms with E-state index in [4.69, 9.17) is 4.99 Å². The van der Waals surface area contributed by atoms with Crippen LogP contribution in [0.15, 0.2) is 29.3 Å². The number of rotatable bonds is 10. The zero-order valence-corrected chi connectivity index (χ0v) is 27.2. The Balaban J connectivity index is 1.93. The van der Waals surface area contributed by atoms with Gasteiger partial charge in [0, 0.05) is 41.1 Å². The minimum Gasteiger partial charge on any atom is -0.507 e. The van der Waals surface area contributed by atoms with Crippen molar-refractivity contribution in [3.8, 4) is 11.5 Å². The van der Waals surface area contributed by atoms with E-state index in [1.807, 2.05) is 6.21 Å². The third-order valence-electron chi connectivity index (χ3n) is 10.2. The van der Waals surface area contributed by atoms with Gasteiger partial charge in [-0.25, -0.2) is 0 Å². The lowest BCUT2D eigenvalue weighted by atomic mass is 9.74. The van der Waals surface area contributed by atoms with Crippen molar-refractivity contribution in [2.45, 2.75) is 131 Å². The zero-order valence-electron chi connectivity index (χ0n) is 27.2. The normalized spacial score (nSPS) is 18.9. The quantitative estimate of drug-likeness (QED) is 0.292. The molecule has 0 aromatic heterocycles. The molecule has 2 aromatic carbocycles. The van der Waals surface area contributed by atoms with Gasteiger partial charge in [-0.15, -0.1) is 0 Å². The van der Waals surface area contributed by atoms with Gasteiger partial charge >= 0.3 is 0 Å². The number of phenolic OH excluding ortho intramolecular Hbond substituents is 2. The van der Waals surface area contributed by atoms with E-state index in [1.165, 1.54) is 18.4 Å². The van der Waals surface area contributed by atoms with Crippen LogP contribution < -0.4 is 0 Å². The summed E-state index contributed by atoms with van der Waals surface area (Å²) in [5.74, 6) is 1.62. The molecule has 0 aliphatic heterocycles. The van der Waals surface area contributed by atoms with Gasteiger partial charge in [0.1, 0.15) is 11.5 Å².